The molecule has 5 heteroatoms. The Labute approximate surface area is 133 Å². The number of aromatic nitrogens is 1. The average Bonchev–Trinajstić information content (AvgIpc) is 3.16. The number of thiazole rings is 1. The van der Waals surface area contributed by atoms with Gasteiger partial charge in [-0.3, -0.25) is 9.59 Å². The van der Waals surface area contributed by atoms with E-state index in [4.69, 9.17) is 0 Å². The van der Waals surface area contributed by atoms with E-state index in [1.165, 1.54) is 11.3 Å². The van der Waals surface area contributed by atoms with Crippen LogP contribution < -0.4 is 0 Å². The van der Waals surface area contributed by atoms with E-state index in [-0.39, 0.29) is 17.7 Å². The molecule has 1 fully saturated rings. The molecule has 0 radical (unpaired) electrons. The highest BCUT2D eigenvalue weighted by molar-refractivity contribution is 7.09. The van der Waals surface area contributed by atoms with Gasteiger partial charge in [0.2, 0.25) is 0 Å². The van der Waals surface area contributed by atoms with Gasteiger partial charge < -0.3 is 4.90 Å². The number of hydrogen-bond donors (Lipinski definition) is 0. The van der Waals surface area contributed by atoms with Crippen LogP contribution in [0.1, 0.15) is 45.1 Å². The second-order valence-corrected chi connectivity index (χ2v) is 6.60. The molecule has 0 saturated carbocycles. The lowest BCUT2D eigenvalue weighted by Crippen LogP contribution is -2.37. The summed E-state index contributed by atoms with van der Waals surface area (Å²) >= 11 is 1.48. The molecule has 2 heterocycles. The number of aryl methyl sites for hydroxylation is 1. The molecule has 4 nitrogen and oxygen atoms in total. The normalized spacial score (nSPS) is 17.7. The average molecular weight is 314 g/mol. The van der Waals surface area contributed by atoms with Gasteiger partial charge in [-0.15, -0.1) is 11.3 Å². The van der Waals surface area contributed by atoms with Crippen LogP contribution in [0.4, 0.5) is 0 Å². The van der Waals surface area contributed by atoms with Crippen molar-refractivity contribution in [2.24, 2.45) is 0 Å². The minimum atomic E-state index is -0.0484. The molecular weight excluding hydrogens is 296 g/mol. The first-order valence-corrected chi connectivity index (χ1v) is 8.34. The SMILES string of the molecule is Cc1nc(C(=O)N2CCC[C@H]2CC(=O)c2ccccc2)cs1. The van der Waals surface area contributed by atoms with Crippen molar-refractivity contribution in [1.29, 1.82) is 0 Å². The predicted octanol–water partition coefficient (Wildman–Crippen LogP) is 3.33. The number of amides is 1. The summed E-state index contributed by atoms with van der Waals surface area (Å²) in [6.45, 7) is 2.60. The number of carbonyl (C=O) groups is 2. The standard InChI is InChI=1S/C17H18N2O2S/c1-12-18-15(11-22-12)17(21)19-9-5-8-14(19)10-16(20)13-6-3-2-4-7-13/h2-4,6-7,11,14H,5,8-10H2,1H3/t14-/m0/s1. The van der Waals surface area contributed by atoms with Crippen molar-refractivity contribution < 1.29 is 9.59 Å². The van der Waals surface area contributed by atoms with E-state index in [1.807, 2.05) is 42.2 Å². The van der Waals surface area contributed by atoms with Crippen LogP contribution in [-0.2, 0) is 0 Å². The van der Waals surface area contributed by atoms with E-state index in [2.05, 4.69) is 4.98 Å². The fourth-order valence-corrected chi connectivity index (χ4v) is 3.47. The second kappa shape index (κ2) is 6.40. The second-order valence-electron chi connectivity index (χ2n) is 5.54. The molecular formula is C17H18N2O2S. The Morgan fingerprint density at radius 1 is 1.32 bits per heavy atom. The van der Waals surface area contributed by atoms with Gasteiger partial charge in [0, 0.05) is 30.0 Å². The van der Waals surface area contributed by atoms with Gasteiger partial charge in [0.1, 0.15) is 5.69 Å². The number of ketones is 1. The molecule has 0 N–H and O–H groups in total. The third-order valence-electron chi connectivity index (χ3n) is 3.99. The number of benzene rings is 1. The van der Waals surface area contributed by atoms with Crippen LogP contribution >= 0.6 is 11.3 Å². The molecule has 0 unspecified atom stereocenters. The minimum Gasteiger partial charge on any atom is -0.334 e. The molecule has 1 aliphatic heterocycles. The van der Waals surface area contributed by atoms with Gasteiger partial charge in [-0.25, -0.2) is 4.98 Å². The van der Waals surface area contributed by atoms with Crippen molar-refractivity contribution >= 4 is 23.0 Å². The number of nitrogens with zero attached hydrogens (tertiary/aromatic N) is 2. The van der Waals surface area contributed by atoms with E-state index in [9.17, 15) is 9.59 Å². The van der Waals surface area contributed by atoms with Gasteiger partial charge in [-0.1, -0.05) is 30.3 Å². The largest absolute Gasteiger partial charge is 0.334 e. The summed E-state index contributed by atoms with van der Waals surface area (Å²) in [5, 5.41) is 2.69. The van der Waals surface area contributed by atoms with Crippen LogP contribution in [-0.4, -0.2) is 34.2 Å². The number of hydrogen-bond acceptors (Lipinski definition) is 4. The zero-order chi connectivity index (χ0) is 15.5. The van der Waals surface area contributed by atoms with Crippen molar-refractivity contribution in [1.82, 2.24) is 9.88 Å². The molecule has 0 bridgehead atoms. The third-order valence-corrected chi connectivity index (χ3v) is 4.77. The van der Waals surface area contributed by atoms with E-state index in [1.54, 1.807) is 5.38 Å². The molecule has 1 aromatic carbocycles. The zero-order valence-corrected chi connectivity index (χ0v) is 13.3. The van der Waals surface area contributed by atoms with E-state index >= 15 is 0 Å². The molecule has 1 aliphatic rings. The summed E-state index contributed by atoms with van der Waals surface area (Å²) in [5.74, 6) is 0.0486. The molecule has 0 spiro atoms. The number of rotatable bonds is 4. The van der Waals surface area contributed by atoms with Crippen LogP contribution in [0.15, 0.2) is 35.7 Å². The summed E-state index contributed by atoms with van der Waals surface area (Å²) in [5.41, 5.74) is 1.22. The summed E-state index contributed by atoms with van der Waals surface area (Å²) in [7, 11) is 0. The Bertz CT molecular complexity index is 681. The molecule has 1 amide bonds. The van der Waals surface area contributed by atoms with E-state index in [0.717, 1.165) is 17.8 Å². The minimum absolute atomic E-state index is 0.0118. The summed E-state index contributed by atoms with van der Waals surface area (Å²) in [6.07, 6.45) is 2.22. The van der Waals surface area contributed by atoms with E-state index < -0.39 is 0 Å². The fourth-order valence-electron chi connectivity index (χ4n) is 2.88. The highest BCUT2D eigenvalue weighted by atomic mass is 32.1. The first-order valence-electron chi connectivity index (χ1n) is 7.46. The Morgan fingerprint density at radius 2 is 2.09 bits per heavy atom. The Kier molecular flexibility index (Phi) is 4.34. The maximum Gasteiger partial charge on any atom is 0.273 e. The maximum atomic E-state index is 12.5. The van der Waals surface area contributed by atoms with Crippen LogP contribution in [0.3, 0.4) is 0 Å². The summed E-state index contributed by atoms with van der Waals surface area (Å²) in [4.78, 5) is 31.0. The van der Waals surface area contributed by atoms with Crippen molar-refractivity contribution in [3.63, 3.8) is 0 Å². The summed E-state index contributed by atoms with van der Waals surface area (Å²) < 4.78 is 0. The van der Waals surface area contributed by atoms with Crippen LogP contribution in [0, 0.1) is 6.92 Å². The lowest BCUT2D eigenvalue weighted by Gasteiger charge is -2.23. The van der Waals surface area contributed by atoms with E-state index in [0.29, 0.717) is 24.2 Å². The Morgan fingerprint density at radius 3 is 2.77 bits per heavy atom. The van der Waals surface area contributed by atoms with Crippen LogP contribution in [0.2, 0.25) is 0 Å². The molecule has 1 atom stereocenters. The Hall–Kier alpha value is -2.01. The molecule has 22 heavy (non-hydrogen) atoms. The van der Waals surface area contributed by atoms with Gasteiger partial charge in [0.25, 0.3) is 5.91 Å². The molecule has 114 valence electrons. The number of Topliss-reactive ketones (excluding diaryl/α,β-unsaturated/α-hetero) is 1. The monoisotopic (exact) mass is 314 g/mol. The van der Waals surface area contributed by atoms with Crippen molar-refractivity contribution in [2.75, 3.05) is 6.54 Å². The zero-order valence-electron chi connectivity index (χ0n) is 12.5. The van der Waals surface area contributed by atoms with Gasteiger partial charge in [0.05, 0.1) is 5.01 Å². The third kappa shape index (κ3) is 3.09. The lowest BCUT2D eigenvalue weighted by atomic mass is 10.0. The number of likely N-dealkylation sites (tertiary alicyclic amines) is 1. The molecule has 1 saturated heterocycles. The van der Waals surface area contributed by atoms with Gasteiger partial charge in [-0.05, 0) is 19.8 Å². The van der Waals surface area contributed by atoms with Gasteiger partial charge in [0.15, 0.2) is 5.78 Å². The molecule has 1 aromatic heterocycles. The number of carbonyl (C=O) groups excluding carboxylic acids is 2. The van der Waals surface area contributed by atoms with Gasteiger partial charge in [-0.2, -0.15) is 0 Å². The maximum absolute atomic E-state index is 12.5. The quantitative estimate of drug-likeness (QED) is 0.813. The van der Waals surface area contributed by atoms with Gasteiger partial charge >= 0.3 is 0 Å². The highest BCUT2D eigenvalue weighted by Crippen LogP contribution is 2.24. The summed E-state index contributed by atoms with van der Waals surface area (Å²) in [6, 6.07) is 9.26. The highest BCUT2D eigenvalue weighted by Gasteiger charge is 2.32. The first-order chi connectivity index (χ1) is 10.6. The van der Waals surface area contributed by atoms with Crippen molar-refractivity contribution in [2.45, 2.75) is 32.2 Å². The first kappa shape index (κ1) is 14.9. The van der Waals surface area contributed by atoms with Crippen molar-refractivity contribution in [3.05, 3.63) is 52.0 Å². The smallest absolute Gasteiger partial charge is 0.273 e. The Balaban J connectivity index is 1.71. The predicted molar refractivity (Wildman–Crippen MR) is 86.3 cm³/mol. The van der Waals surface area contributed by atoms with Crippen LogP contribution in [0.5, 0.6) is 0 Å². The molecule has 3 rings (SSSR count). The molecule has 2 aromatic rings. The topological polar surface area (TPSA) is 50.3 Å². The lowest BCUT2D eigenvalue weighted by molar-refractivity contribution is 0.0712. The fraction of sp³-hybridized carbons (Fsp3) is 0.353. The van der Waals surface area contributed by atoms with Crippen molar-refractivity contribution in [3.8, 4) is 0 Å². The molecule has 0 aliphatic carbocycles. The van der Waals surface area contributed by atoms with Crippen LogP contribution in [0.25, 0.3) is 0 Å².